The molecule has 1 aromatic carbocycles. The first-order valence-electron chi connectivity index (χ1n) is 5.18. The third-order valence-corrected chi connectivity index (χ3v) is 3.66. The van der Waals surface area contributed by atoms with Gasteiger partial charge in [0.1, 0.15) is 0 Å². The number of benzene rings is 1. The fraction of sp³-hybridized carbons (Fsp3) is 0. The lowest BCUT2D eigenvalue weighted by molar-refractivity contribution is 1.10. The number of hydrogen-bond acceptors (Lipinski definition) is 2. The maximum absolute atomic E-state index is 5.86. The summed E-state index contributed by atoms with van der Waals surface area (Å²) in [6.07, 6.45) is 0. The standard InChI is InChI=1S/C13H9ClN2S/c14-10-5-3-9(4-6-10)11-8-12(16-15-11)13-2-1-7-17-13/h1-8H,(H,15,16). The van der Waals surface area contributed by atoms with Gasteiger partial charge in [-0.1, -0.05) is 29.8 Å². The fourth-order valence-electron chi connectivity index (χ4n) is 1.65. The van der Waals surface area contributed by atoms with E-state index in [0.29, 0.717) is 0 Å². The monoisotopic (exact) mass is 260 g/mol. The Morgan fingerprint density at radius 2 is 1.94 bits per heavy atom. The summed E-state index contributed by atoms with van der Waals surface area (Å²) in [6, 6.07) is 13.8. The van der Waals surface area contributed by atoms with Crippen LogP contribution in [0.5, 0.6) is 0 Å². The van der Waals surface area contributed by atoms with Gasteiger partial charge in [0.05, 0.1) is 16.3 Å². The van der Waals surface area contributed by atoms with E-state index < -0.39 is 0 Å². The summed E-state index contributed by atoms with van der Waals surface area (Å²) >= 11 is 7.55. The smallest absolute Gasteiger partial charge is 0.0927 e. The summed E-state index contributed by atoms with van der Waals surface area (Å²) in [5, 5.41) is 10.2. The summed E-state index contributed by atoms with van der Waals surface area (Å²) in [6.45, 7) is 0. The summed E-state index contributed by atoms with van der Waals surface area (Å²) in [5.74, 6) is 0. The summed E-state index contributed by atoms with van der Waals surface area (Å²) in [5.41, 5.74) is 3.04. The lowest BCUT2D eigenvalue weighted by Gasteiger charge is -1.94. The summed E-state index contributed by atoms with van der Waals surface area (Å²) in [4.78, 5) is 1.19. The van der Waals surface area contributed by atoms with Gasteiger partial charge in [0.2, 0.25) is 0 Å². The third kappa shape index (κ3) is 2.12. The maximum Gasteiger partial charge on any atom is 0.0927 e. The van der Waals surface area contributed by atoms with Crippen LogP contribution < -0.4 is 0 Å². The lowest BCUT2D eigenvalue weighted by atomic mass is 10.1. The molecule has 0 atom stereocenters. The SMILES string of the molecule is Clc1ccc(-c2cc(-c3cccs3)[nH]n2)cc1. The molecule has 0 aliphatic carbocycles. The van der Waals surface area contributed by atoms with Crippen LogP contribution in [0.1, 0.15) is 0 Å². The normalized spacial score (nSPS) is 10.6. The Bertz CT molecular complexity index is 611. The van der Waals surface area contributed by atoms with Crippen LogP contribution in [0.3, 0.4) is 0 Å². The van der Waals surface area contributed by atoms with Gasteiger partial charge in [0.25, 0.3) is 0 Å². The summed E-state index contributed by atoms with van der Waals surface area (Å²) in [7, 11) is 0. The largest absolute Gasteiger partial charge is 0.276 e. The van der Waals surface area contributed by atoms with Crippen molar-refractivity contribution in [3.05, 3.63) is 52.9 Å². The number of H-pyrrole nitrogens is 1. The average molecular weight is 261 g/mol. The van der Waals surface area contributed by atoms with Gasteiger partial charge in [-0.25, -0.2) is 0 Å². The van der Waals surface area contributed by atoms with Crippen molar-refractivity contribution in [3.63, 3.8) is 0 Å². The first-order chi connectivity index (χ1) is 8.33. The highest BCUT2D eigenvalue weighted by Crippen LogP contribution is 2.27. The molecule has 2 heterocycles. The highest BCUT2D eigenvalue weighted by atomic mass is 35.5. The Labute approximate surface area is 108 Å². The first-order valence-corrected chi connectivity index (χ1v) is 6.44. The molecule has 1 N–H and O–H groups in total. The van der Waals surface area contributed by atoms with E-state index in [1.807, 2.05) is 30.3 Å². The Balaban J connectivity index is 1.98. The van der Waals surface area contributed by atoms with Crippen molar-refractivity contribution in [1.29, 1.82) is 0 Å². The molecule has 0 saturated heterocycles. The number of rotatable bonds is 2. The van der Waals surface area contributed by atoms with Crippen molar-refractivity contribution in [2.75, 3.05) is 0 Å². The second-order valence-electron chi connectivity index (χ2n) is 3.65. The second-order valence-corrected chi connectivity index (χ2v) is 5.04. The molecule has 0 aliphatic heterocycles. The van der Waals surface area contributed by atoms with Crippen LogP contribution in [0.2, 0.25) is 5.02 Å². The number of aromatic nitrogens is 2. The van der Waals surface area contributed by atoms with Gasteiger partial charge >= 0.3 is 0 Å². The zero-order valence-corrected chi connectivity index (χ0v) is 10.4. The van der Waals surface area contributed by atoms with E-state index in [0.717, 1.165) is 22.0 Å². The Morgan fingerprint density at radius 1 is 1.12 bits per heavy atom. The van der Waals surface area contributed by atoms with Crippen molar-refractivity contribution in [1.82, 2.24) is 10.2 Å². The molecule has 0 amide bonds. The minimum Gasteiger partial charge on any atom is -0.276 e. The van der Waals surface area contributed by atoms with Crippen LogP contribution in [0, 0.1) is 0 Å². The van der Waals surface area contributed by atoms with Crippen molar-refractivity contribution in [3.8, 4) is 21.8 Å². The van der Waals surface area contributed by atoms with Crippen LogP contribution in [0.25, 0.3) is 21.8 Å². The van der Waals surface area contributed by atoms with Crippen LogP contribution in [0.15, 0.2) is 47.8 Å². The Morgan fingerprint density at radius 3 is 2.65 bits per heavy atom. The first kappa shape index (κ1) is 10.6. The van der Waals surface area contributed by atoms with E-state index in [2.05, 4.69) is 27.7 Å². The molecule has 2 aromatic heterocycles. The molecule has 4 heteroatoms. The van der Waals surface area contributed by atoms with Gasteiger partial charge in [-0.05, 0) is 29.6 Å². The van der Waals surface area contributed by atoms with E-state index >= 15 is 0 Å². The number of nitrogens with zero attached hydrogens (tertiary/aromatic N) is 1. The van der Waals surface area contributed by atoms with E-state index in [-0.39, 0.29) is 0 Å². The van der Waals surface area contributed by atoms with Crippen molar-refractivity contribution in [2.24, 2.45) is 0 Å². The number of halogens is 1. The van der Waals surface area contributed by atoms with Crippen LogP contribution in [-0.2, 0) is 0 Å². The molecule has 84 valence electrons. The number of thiophene rings is 1. The zero-order chi connectivity index (χ0) is 11.7. The second kappa shape index (κ2) is 4.35. The van der Waals surface area contributed by atoms with Crippen molar-refractivity contribution < 1.29 is 0 Å². The van der Waals surface area contributed by atoms with Crippen LogP contribution >= 0.6 is 22.9 Å². The lowest BCUT2D eigenvalue weighted by Crippen LogP contribution is -1.76. The van der Waals surface area contributed by atoms with Crippen molar-refractivity contribution >= 4 is 22.9 Å². The molecule has 0 bridgehead atoms. The molecular weight excluding hydrogens is 252 g/mol. The average Bonchev–Trinajstić information content (AvgIpc) is 3.00. The molecule has 0 spiro atoms. The molecular formula is C13H9ClN2S. The van der Waals surface area contributed by atoms with Gasteiger partial charge in [-0.15, -0.1) is 11.3 Å². The molecule has 0 radical (unpaired) electrons. The quantitative estimate of drug-likeness (QED) is 0.724. The van der Waals surface area contributed by atoms with E-state index in [1.165, 1.54) is 4.88 Å². The molecule has 17 heavy (non-hydrogen) atoms. The van der Waals surface area contributed by atoms with Crippen LogP contribution in [0.4, 0.5) is 0 Å². The Kier molecular flexibility index (Phi) is 2.71. The van der Waals surface area contributed by atoms with Gasteiger partial charge in [0, 0.05) is 10.6 Å². The highest BCUT2D eigenvalue weighted by molar-refractivity contribution is 7.13. The predicted octanol–water partition coefficient (Wildman–Crippen LogP) is 4.46. The number of aromatic amines is 1. The minimum atomic E-state index is 0.739. The van der Waals surface area contributed by atoms with Gasteiger partial charge in [0.15, 0.2) is 0 Å². The van der Waals surface area contributed by atoms with Gasteiger partial charge in [-0.2, -0.15) is 5.10 Å². The zero-order valence-electron chi connectivity index (χ0n) is 8.85. The van der Waals surface area contributed by atoms with Crippen molar-refractivity contribution in [2.45, 2.75) is 0 Å². The van der Waals surface area contributed by atoms with Gasteiger partial charge in [-0.3, -0.25) is 5.10 Å². The molecule has 3 rings (SSSR count). The van der Waals surface area contributed by atoms with E-state index in [9.17, 15) is 0 Å². The highest BCUT2D eigenvalue weighted by Gasteiger charge is 2.06. The molecule has 2 nitrogen and oxygen atoms in total. The fourth-order valence-corrected chi connectivity index (χ4v) is 2.47. The van der Waals surface area contributed by atoms with E-state index in [1.54, 1.807) is 11.3 Å². The maximum atomic E-state index is 5.86. The Hall–Kier alpha value is -1.58. The molecule has 0 aliphatic rings. The molecule has 0 unspecified atom stereocenters. The molecule has 0 saturated carbocycles. The minimum absolute atomic E-state index is 0.739. The summed E-state index contributed by atoms with van der Waals surface area (Å²) < 4.78 is 0. The molecule has 0 fully saturated rings. The predicted molar refractivity (Wildman–Crippen MR) is 72.3 cm³/mol. The number of hydrogen-bond donors (Lipinski definition) is 1. The third-order valence-electron chi connectivity index (χ3n) is 2.50. The van der Waals surface area contributed by atoms with E-state index in [4.69, 9.17) is 11.6 Å². The van der Waals surface area contributed by atoms with Gasteiger partial charge < -0.3 is 0 Å². The van der Waals surface area contributed by atoms with Crippen LogP contribution in [-0.4, -0.2) is 10.2 Å². The number of nitrogens with one attached hydrogen (secondary N) is 1. The topological polar surface area (TPSA) is 28.7 Å². The molecule has 3 aromatic rings.